The van der Waals surface area contributed by atoms with Crippen molar-refractivity contribution < 1.29 is 24.6 Å². The fraction of sp³-hybridized carbons (Fsp3) is 0.636. The number of amides is 2. The van der Waals surface area contributed by atoms with Gasteiger partial charge in [-0.3, -0.25) is 4.79 Å². The number of hydrogen-bond acceptors (Lipinski definition) is 4. The van der Waals surface area contributed by atoms with Crippen molar-refractivity contribution in [3.8, 4) is 6.07 Å². The lowest BCUT2D eigenvalue weighted by molar-refractivity contribution is -0.140. The second-order valence-electron chi connectivity index (χ2n) is 4.09. The molecule has 0 radical (unpaired) electrons. The summed E-state index contributed by atoms with van der Waals surface area (Å²) in [6.07, 6.45) is -0.428. The number of carbonyl (C=O) groups excluding carboxylic acids is 1. The first-order valence-electron chi connectivity index (χ1n) is 5.64. The van der Waals surface area contributed by atoms with Gasteiger partial charge in [-0.15, -0.1) is 0 Å². The van der Waals surface area contributed by atoms with Crippen LogP contribution in [0.3, 0.4) is 0 Å². The molecular weight excluding hydrogens is 254 g/mol. The molecule has 19 heavy (non-hydrogen) atoms. The van der Waals surface area contributed by atoms with Gasteiger partial charge in [0.2, 0.25) is 0 Å². The maximum Gasteiger partial charge on any atom is 0.326 e. The lowest BCUT2D eigenvalue weighted by Gasteiger charge is -2.25. The average molecular weight is 271 g/mol. The number of hydrogen-bond donors (Lipinski definition) is 3. The summed E-state index contributed by atoms with van der Waals surface area (Å²) in [5.74, 6) is -2.43. The van der Waals surface area contributed by atoms with Crippen LogP contribution in [-0.4, -0.2) is 52.2 Å². The predicted octanol–water partition coefficient (Wildman–Crippen LogP) is 0.248. The quantitative estimate of drug-likeness (QED) is 0.608. The zero-order chi connectivity index (χ0) is 15.0. The molecule has 0 saturated heterocycles. The van der Waals surface area contributed by atoms with Crippen molar-refractivity contribution in [2.75, 3.05) is 7.05 Å². The number of carbonyl (C=O) groups is 3. The van der Waals surface area contributed by atoms with E-state index in [1.54, 1.807) is 6.92 Å². The minimum Gasteiger partial charge on any atom is -0.481 e. The summed E-state index contributed by atoms with van der Waals surface area (Å²) >= 11 is 0. The third kappa shape index (κ3) is 6.26. The number of aliphatic carboxylic acids is 2. The third-order valence-electron chi connectivity index (χ3n) is 2.61. The largest absolute Gasteiger partial charge is 0.481 e. The molecule has 0 aromatic heterocycles. The number of nitrogens with zero attached hydrogens (tertiary/aromatic N) is 2. The van der Waals surface area contributed by atoms with E-state index in [0.717, 1.165) is 0 Å². The van der Waals surface area contributed by atoms with Crippen LogP contribution in [-0.2, 0) is 9.59 Å². The molecule has 0 aliphatic heterocycles. The molecule has 106 valence electrons. The Bertz CT molecular complexity index is 390. The van der Waals surface area contributed by atoms with Crippen LogP contribution >= 0.6 is 0 Å². The summed E-state index contributed by atoms with van der Waals surface area (Å²) in [5, 5.41) is 28.1. The van der Waals surface area contributed by atoms with Gasteiger partial charge in [0, 0.05) is 19.5 Å². The van der Waals surface area contributed by atoms with Crippen LogP contribution in [0.1, 0.15) is 26.2 Å². The third-order valence-corrected chi connectivity index (χ3v) is 2.61. The minimum atomic E-state index is -1.30. The van der Waals surface area contributed by atoms with Gasteiger partial charge in [0.1, 0.15) is 6.04 Å². The van der Waals surface area contributed by atoms with Crippen molar-refractivity contribution >= 4 is 18.0 Å². The number of urea groups is 1. The molecule has 0 aromatic rings. The average Bonchev–Trinajstić information content (AvgIpc) is 2.32. The van der Waals surface area contributed by atoms with Crippen LogP contribution in [0.15, 0.2) is 0 Å². The Morgan fingerprint density at radius 3 is 2.37 bits per heavy atom. The fourth-order valence-electron chi connectivity index (χ4n) is 1.25. The highest BCUT2D eigenvalue weighted by molar-refractivity contribution is 5.83. The molecular formula is C11H17N3O5. The molecule has 2 unspecified atom stereocenters. The van der Waals surface area contributed by atoms with Crippen LogP contribution in [0.2, 0.25) is 0 Å². The minimum absolute atomic E-state index is 0.122. The summed E-state index contributed by atoms with van der Waals surface area (Å²) in [5.41, 5.74) is 0. The standard InChI is InChI=1S/C11H17N3O5/c1-7(5-6-12)14(2)11(19)13-8(10(17)18)3-4-9(15)16/h7-8H,3-5H2,1-2H3,(H,13,19)(H,15,16)(H,17,18). The van der Waals surface area contributed by atoms with Gasteiger partial charge in [0.05, 0.1) is 12.5 Å². The predicted molar refractivity (Wildman–Crippen MR) is 64.3 cm³/mol. The molecule has 0 aromatic carbocycles. The van der Waals surface area contributed by atoms with Crippen molar-refractivity contribution in [2.24, 2.45) is 0 Å². The summed E-state index contributed by atoms with van der Waals surface area (Å²) in [6.45, 7) is 1.65. The van der Waals surface area contributed by atoms with E-state index in [9.17, 15) is 14.4 Å². The van der Waals surface area contributed by atoms with E-state index in [-0.39, 0.29) is 25.3 Å². The highest BCUT2D eigenvalue weighted by Crippen LogP contribution is 2.03. The topological polar surface area (TPSA) is 131 Å². The first-order valence-corrected chi connectivity index (χ1v) is 5.64. The Hall–Kier alpha value is -2.30. The molecule has 2 atom stereocenters. The molecule has 0 bridgehead atoms. The molecule has 0 saturated carbocycles. The lowest BCUT2D eigenvalue weighted by Crippen LogP contribution is -2.49. The zero-order valence-corrected chi connectivity index (χ0v) is 10.8. The van der Waals surface area contributed by atoms with E-state index in [4.69, 9.17) is 15.5 Å². The fourth-order valence-corrected chi connectivity index (χ4v) is 1.25. The van der Waals surface area contributed by atoms with Gasteiger partial charge in [0.15, 0.2) is 0 Å². The number of carboxylic acid groups (broad SMARTS) is 2. The number of carboxylic acids is 2. The highest BCUT2D eigenvalue weighted by Gasteiger charge is 2.24. The summed E-state index contributed by atoms with van der Waals surface area (Å²) < 4.78 is 0. The normalized spacial score (nSPS) is 12.9. The molecule has 0 fully saturated rings. The maximum atomic E-state index is 11.7. The zero-order valence-electron chi connectivity index (χ0n) is 10.8. The molecule has 0 aliphatic carbocycles. The van der Waals surface area contributed by atoms with Gasteiger partial charge in [-0.2, -0.15) is 5.26 Å². The van der Waals surface area contributed by atoms with Gasteiger partial charge in [-0.05, 0) is 13.3 Å². The van der Waals surface area contributed by atoms with E-state index in [1.165, 1.54) is 11.9 Å². The molecule has 0 aliphatic rings. The van der Waals surface area contributed by atoms with E-state index >= 15 is 0 Å². The summed E-state index contributed by atoms with van der Waals surface area (Å²) in [4.78, 5) is 34.2. The van der Waals surface area contributed by atoms with Crippen molar-refractivity contribution in [1.82, 2.24) is 10.2 Å². The SMILES string of the molecule is CC(CC#N)N(C)C(=O)NC(CCC(=O)O)C(=O)O. The van der Waals surface area contributed by atoms with Crippen molar-refractivity contribution in [3.63, 3.8) is 0 Å². The Balaban J connectivity index is 4.50. The van der Waals surface area contributed by atoms with Crippen molar-refractivity contribution in [1.29, 1.82) is 5.26 Å². The van der Waals surface area contributed by atoms with Crippen LogP contribution in [0.4, 0.5) is 4.79 Å². The van der Waals surface area contributed by atoms with E-state index in [0.29, 0.717) is 0 Å². The van der Waals surface area contributed by atoms with Crippen molar-refractivity contribution in [2.45, 2.75) is 38.3 Å². The van der Waals surface area contributed by atoms with Gasteiger partial charge in [-0.1, -0.05) is 0 Å². The van der Waals surface area contributed by atoms with Gasteiger partial charge in [-0.25, -0.2) is 9.59 Å². The molecule has 0 heterocycles. The summed E-state index contributed by atoms with van der Waals surface area (Å²) in [7, 11) is 1.44. The Labute approximate surface area is 110 Å². The second kappa shape index (κ2) is 7.92. The Kier molecular flexibility index (Phi) is 6.96. The molecule has 8 heteroatoms. The van der Waals surface area contributed by atoms with Crippen LogP contribution in [0.25, 0.3) is 0 Å². The maximum absolute atomic E-state index is 11.7. The number of nitrogens with one attached hydrogen (secondary N) is 1. The molecule has 8 nitrogen and oxygen atoms in total. The molecule has 0 rings (SSSR count). The first-order chi connectivity index (χ1) is 8.79. The van der Waals surface area contributed by atoms with E-state index in [1.807, 2.05) is 6.07 Å². The molecule has 3 N–H and O–H groups in total. The second-order valence-corrected chi connectivity index (χ2v) is 4.09. The van der Waals surface area contributed by atoms with Crippen LogP contribution < -0.4 is 5.32 Å². The highest BCUT2D eigenvalue weighted by atomic mass is 16.4. The van der Waals surface area contributed by atoms with Gasteiger partial charge >= 0.3 is 18.0 Å². The monoisotopic (exact) mass is 271 g/mol. The molecule has 0 spiro atoms. The number of rotatable bonds is 7. The van der Waals surface area contributed by atoms with Gasteiger partial charge in [0.25, 0.3) is 0 Å². The van der Waals surface area contributed by atoms with E-state index in [2.05, 4.69) is 5.32 Å². The van der Waals surface area contributed by atoms with Crippen LogP contribution in [0.5, 0.6) is 0 Å². The van der Waals surface area contributed by atoms with E-state index < -0.39 is 24.0 Å². The van der Waals surface area contributed by atoms with Crippen LogP contribution in [0, 0.1) is 11.3 Å². The number of nitriles is 1. The Morgan fingerprint density at radius 1 is 1.37 bits per heavy atom. The van der Waals surface area contributed by atoms with Crippen molar-refractivity contribution in [3.05, 3.63) is 0 Å². The van der Waals surface area contributed by atoms with Gasteiger partial charge < -0.3 is 20.4 Å². The summed E-state index contributed by atoms with van der Waals surface area (Å²) in [6, 6.07) is -0.374. The smallest absolute Gasteiger partial charge is 0.326 e. The first kappa shape index (κ1) is 16.7. The molecule has 2 amide bonds. The lowest BCUT2D eigenvalue weighted by atomic mass is 10.1. The Morgan fingerprint density at radius 2 is 1.95 bits per heavy atom.